The highest BCUT2D eigenvalue weighted by molar-refractivity contribution is 9.09. The van der Waals surface area contributed by atoms with E-state index in [2.05, 4.69) is 45.7 Å². The maximum Gasteiger partial charge on any atom is 0.508 e. The molecule has 0 heterocycles. The van der Waals surface area contributed by atoms with Crippen LogP contribution < -0.4 is 0 Å². The molecule has 2 saturated carbocycles. The number of rotatable bonds is 24. The van der Waals surface area contributed by atoms with Crippen LogP contribution in [0.4, 0.5) is 4.79 Å². The monoisotopic (exact) mass is 718 g/mol. The number of unbranched alkanes of at least 4 members (excludes halogenated alkanes) is 10. The normalized spacial score (nSPS) is 24.3. The van der Waals surface area contributed by atoms with Gasteiger partial charge in [-0.2, -0.15) is 0 Å². The molecule has 0 spiro atoms. The standard InChI is InChI=1S/C37H68Br2O3/c1-3-5-11-17-31-21-25-33(26-22-31)35(19-13-7-9-15-29-38)41-37(40)42-36(20-14-8-10-16-30-39)34-27-23-32(24-28-34)18-12-6-4-2/h31-36H,3-30H2,1-2H3. The predicted molar refractivity (Wildman–Crippen MR) is 188 cm³/mol. The Kier molecular flexibility index (Phi) is 23.3. The van der Waals surface area contributed by atoms with Gasteiger partial charge in [-0.05, 0) is 87.9 Å². The Hall–Kier alpha value is 0.230. The summed E-state index contributed by atoms with van der Waals surface area (Å²) in [6.07, 6.45) is 32.4. The predicted octanol–water partition coefficient (Wildman–Crippen LogP) is 13.3. The Morgan fingerprint density at radius 1 is 0.548 bits per heavy atom. The average Bonchev–Trinajstić information content (AvgIpc) is 3.01. The molecule has 0 aromatic rings. The lowest BCUT2D eigenvalue weighted by Crippen LogP contribution is -2.34. The van der Waals surface area contributed by atoms with Crippen LogP contribution in [0.15, 0.2) is 0 Å². The van der Waals surface area contributed by atoms with E-state index in [1.165, 1.54) is 141 Å². The largest absolute Gasteiger partial charge is 0.508 e. The fraction of sp³-hybridized carbons (Fsp3) is 0.973. The topological polar surface area (TPSA) is 35.5 Å². The van der Waals surface area contributed by atoms with Crippen LogP contribution in [0.25, 0.3) is 0 Å². The van der Waals surface area contributed by atoms with Crippen LogP contribution in [0.5, 0.6) is 0 Å². The quantitative estimate of drug-likeness (QED) is 0.0566. The molecule has 42 heavy (non-hydrogen) atoms. The van der Waals surface area contributed by atoms with Crippen molar-refractivity contribution in [2.24, 2.45) is 23.7 Å². The third-order valence-electron chi connectivity index (χ3n) is 10.5. The molecule has 2 unspecified atom stereocenters. The van der Waals surface area contributed by atoms with E-state index in [1.54, 1.807) is 0 Å². The van der Waals surface area contributed by atoms with Gasteiger partial charge in [0.2, 0.25) is 0 Å². The first-order valence-corrected chi connectivity index (χ1v) is 20.8. The summed E-state index contributed by atoms with van der Waals surface area (Å²) < 4.78 is 12.6. The zero-order valence-corrected chi connectivity index (χ0v) is 30.9. The van der Waals surface area contributed by atoms with E-state index in [4.69, 9.17) is 9.47 Å². The summed E-state index contributed by atoms with van der Waals surface area (Å²) in [7, 11) is 0. The summed E-state index contributed by atoms with van der Waals surface area (Å²) in [5, 5.41) is 2.17. The lowest BCUT2D eigenvalue weighted by atomic mass is 9.76. The van der Waals surface area contributed by atoms with Crippen molar-refractivity contribution in [1.29, 1.82) is 0 Å². The first-order valence-electron chi connectivity index (χ1n) is 18.6. The molecule has 0 amide bonds. The van der Waals surface area contributed by atoms with Crippen LogP contribution in [-0.4, -0.2) is 29.0 Å². The average molecular weight is 721 g/mol. The molecule has 2 aliphatic carbocycles. The number of hydrogen-bond acceptors (Lipinski definition) is 3. The van der Waals surface area contributed by atoms with Crippen LogP contribution in [0.3, 0.4) is 0 Å². The molecule has 2 atom stereocenters. The van der Waals surface area contributed by atoms with Gasteiger partial charge in [0.15, 0.2) is 0 Å². The molecule has 2 aliphatic rings. The maximum atomic E-state index is 13.4. The fourth-order valence-electron chi connectivity index (χ4n) is 7.71. The van der Waals surface area contributed by atoms with Gasteiger partial charge < -0.3 is 9.47 Å². The zero-order valence-electron chi connectivity index (χ0n) is 27.7. The van der Waals surface area contributed by atoms with Crippen LogP contribution in [-0.2, 0) is 9.47 Å². The second-order valence-electron chi connectivity index (χ2n) is 13.9. The van der Waals surface area contributed by atoms with Crippen molar-refractivity contribution in [1.82, 2.24) is 0 Å². The molecule has 0 aliphatic heterocycles. The Labute approximate surface area is 278 Å². The van der Waals surface area contributed by atoms with Gasteiger partial charge in [-0.1, -0.05) is 148 Å². The summed E-state index contributed by atoms with van der Waals surface area (Å²) >= 11 is 7.14. The van der Waals surface area contributed by atoms with Crippen molar-refractivity contribution in [2.45, 2.75) is 193 Å². The van der Waals surface area contributed by atoms with Crippen molar-refractivity contribution in [3.8, 4) is 0 Å². The van der Waals surface area contributed by atoms with E-state index in [0.717, 1.165) is 48.2 Å². The molecule has 0 saturated heterocycles. The molecule has 3 nitrogen and oxygen atoms in total. The third kappa shape index (κ3) is 17.1. The highest BCUT2D eigenvalue weighted by Crippen LogP contribution is 2.38. The summed E-state index contributed by atoms with van der Waals surface area (Å²) in [5.41, 5.74) is 0. The highest BCUT2D eigenvalue weighted by atomic mass is 79.9. The van der Waals surface area contributed by atoms with Gasteiger partial charge in [0.1, 0.15) is 12.2 Å². The fourth-order valence-corrected chi connectivity index (χ4v) is 8.50. The second kappa shape index (κ2) is 25.4. The van der Waals surface area contributed by atoms with Crippen LogP contribution >= 0.6 is 31.9 Å². The molecule has 248 valence electrons. The van der Waals surface area contributed by atoms with E-state index in [9.17, 15) is 4.79 Å². The molecular weight excluding hydrogens is 652 g/mol. The molecule has 0 aromatic heterocycles. The van der Waals surface area contributed by atoms with Crippen molar-refractivity contribution in [3.05, 3.63) is 0 Å². The summed E-state index contributed by atoms with van der Waals surface area (Å²) in [6.45, 7) is 4.59. The number of ether oxygens (including phenoxy) is 2. The summed E-state index contributed by atoms with van der Waals surface area (Å²) in [5.74, 6) is 2.78. The molecule has 0 aromatic carbocycles. The van der Waals surface area contributed by atoms with Crippen molar-refractivity contribution in [3.63, 3.8) is 0 Å². The van der Waals surface area contributed by atoms with E-state index in [0.29, 0.717) is 11.8 Å². The number of hydrogen-bond donors (Lipinski definition) is 0. The SMILES string of the molecule is CCCCCC1CCC(C(CCCCCCBr)OC(=O)OC(CCCCCCBr)C2CCC(CCCCC)CC2)CC1. The lowest BCUT2D eigenvalue weighted by molar-refractivity contribution is -0.0484. The van der Waals surface area contributed by atoms with Gasteiger partial charge in [-0.25, -0.2) is 4.79 Å². The van der Waals surface area contributed by atoms with Gasteiger partial charge in [0, 0.05) is 10.7 Å². The van der Waals surface area contributed by atoms with Gasteiger partial charge in [0.05, 0.1) is 0 Å². The van der Waals surface area contributed by atoms with Crippen LogP contribution in [0.2, 0.25) is 0 Å². The molecule has 0 N–H and O–H groups in total. The van der Waals surface area contributed by atoms with E-state index in [-0.39, 0.29) is 18.4 Å². The van der Waals surface area contributed by atoms with E-state index < -0.39 is 0 Å². The highest BCUT2D eigenvalue weighted by Gasteiger charge is 2.33. The van der Waals surface area contributed by atoms with Crippen LogP contribution in [0, 0.1) is 23.7 Å². The summed E-state index contributed by atoms with van der Waals surface area (Å²) in [6, 6.07) is 0. The van der Waals surface area contributed by atoms with Crippen molar-refractivity contribution < 1.29 is 14.3 Å². The number of carbonyl (C=O) groups excluding carboxylic acids is 1. The van der Waals surface area contributed by atoms with E-state index in [1.807, 2.05) is 0 Å². The smallest absolute Gasteiger partial charge is 0.431 e. The van der Waals surface area contributed by atoms with Gasteiger partial charge in [0.25, 0.3) is 0 Å². The zero-order chi connectivity index (χ0) is 30.3. The summed E-state index contributed by atoms with van der Waals surface area (Å²) in [4.78, 5) is 13.4. The number of alkyl halides is 2. The van der Waals surface area contributed by atoms with Crippen molar-refractivity contribution >= 4 is 38.0 Å². The Bertz CT molecular complexity index is 577. The number of halogens is 2. The van der Waals surface area contributed by atoms with Crippen molar-refractivity contribution in [2.75, 3.05) is 10.7 Å². The van der Waals surface area contributed by atoms with Gasteiger partial charge in [-0.15, -0.1) is 0 Å². The minimum atomic E-state index is -0.360. The van der Waals surface area contributed by atoms with E-state index >= 15 is 0 Å². The maximum absolute atomic E-state index is 13.4. The second-order valence-corrected chi connectivity index (χ2v) is 15.5. The van der Waals surface area contributed by atoms with Gasteiger partial charge in [-0.3, -0.25) is 0 Å². The first kappa shape index (κ1) is 38.4. The molecule has 0 radical (unpaired) electrons. The van der Waals surface area contributed by atoms with Gasteiger partial charge >= 0.3 is 6.16 Å². The molecule has 5 heteroatoms. The Morgan fingerprint density at radius 3 is 1.29 bits per heavy atom. The molecule has 2 fully saturated rings. The first-order chi connectivity index (χ1) is 20.6. The van der Waals surface area contributed by atoms with Crippen LogP contribution in [0.1, 0.15) is 181 Å². The molecule has 0 bridgehead atoms. The molecular formula is C37H68Br2O3. The third-order valence-corrected chi connectivity index (χ3v) is 11.6. The number of carbonyl (C=O) groups is 1. The minimum absolute atomic E-state index is 0.0342. The minimum Gasteiger partial charge on any atom is -0.431 e. The Morgan fingerprint density at radius 2 is 0.929 bits per heavy atom. The molecule has 2 rings (SSSR count). The lowest BCUT2D eigenvalue weighted by Gasteiger charge is -2.35. The Balaban J connectivity index is 1.93.